The fourth-order valence-corrected chi connectivity index (χ4v) is 5.12. The summed E-state index contributed by atoms with van der Waals surface area (Å²) in [5.41, 5.74) is 0.926. The summed E-state index contributed by atoms with van der Waals surface area (Å²) >= 11 is 0. The van der Waals surface area contributed by atoms with E-state index < -0.39 is 9.84 Å². The topological polar surface area (TPSA) is 63.7 Å². The van der Waals surface area contributed by atoms with Crippen molar-refractivity contribution in [2.45, 2.75) is 25.3 Å². The van der Waals surface area contributed by atoms with Crippen LogP contribution in [-0.2, 0) is 14.6 Å². The van der Waals surface area contributed by atoms with Gasteiger partial charge in [0.2, 0.25) is 5.91 Å². The van der Waals surface area contributed by atoms with Gasteiger partial charge in [0, 0.05) is 13.1 Å². The predicted octanol–water partition coefficient (Wildman–Crippen LogP) is 2.60. The molecule has 0 aliphatic carbocycles. The molecule has 5 nitrogen and oxygen atoms in total. The Morgan fingerprint density at radius 2 is 1.88 bits per heavy atom. The Hall–Kier alpha value is -2.08. The predicted molar refractivity (Wildman–Crippen MR) is 98.7 cm³/mol. The van der Waals surface area contributed by atoms with Crippen molar-refractivity contribution in [3.05, 3.63) is 42.0 Å². The van der Waals surface area contributed by atoms with Crippen molar-refractivity contribution in [2.24, 2.45) is 0 Å². The molecule has 0 unspecified atom stereocenters. The lowest BCUT2D eigenvalue weighted by Crippen LogP contribution is -2.40. The minimum absolute atomic E-state index is 0.0463. The maximum Gasteiger partial charge on any atom is 0.229 e. The van der Waals surface area contributed by atoms with Crippen LogP contribution in [0.5, 0.6) is 5.75 Å². The van der Waals surface area contributed by atoms with Crippen LogP contribution >= 0.6 is 0 Å². The number of methoxy groups -OCH3 is 1. The summed E-state index contributed by atoms with van der Waals surface area (Å²) in [6.45, 7) is 1.87. The number of nitrogens with zero attached hydrogens (tertiary/aromatic N) is 1. The molecule has 1 saturated heterocycles. The summed E-state index contributed by atoms with van der Waals surface area (Å²) in [5.74, 6) is 0.669. The number of likely N-dealkylation sites (N-methyl/N-ethyl adjacent to an activating group) is 1. The van der Waals surface area contributed by atoms with Gasteiger partial charge in [-0.3, -0.25) is 4.79 Å². The number of amides is 1. The second-order valence-corrected chi connectivity index (χ2v) is 8.93. The van der Waals surface area contributed by atoms with Gasteiger partial charge in [-0.25, -0.2) is 8.42 Å². The summed E-state index contributed by atoms with van der Waals surface area (Å²) in [4.78, 5) is 14.4. The van der Waals surface area contributed by atoms with E-state index in [1.54, 1.807) is 19.1 Å². The Bertz CT molecular complexity index is 907. The Balaban J connectivity index is 1.81. The standard InChI is InChI=1S/C19H23NO4S/c1-13(19(21)20(2)17-8-9-25(22,23)12-17)14-4-5-16-11-18(24-3)7-6-15(16)10-14/h4-7,10-11,13,17H,8-9,12H2,1-3H3/t13-,17+/m0/s1. The molecule has 134 valence electrons. The van der Waals surface area contributed by atoms with Gasteiger partial charge >= 0.3 is 0 Å². The molecule has 1 heterocycles. The Morgan fingerprint density at radius 3 is 2.52 bits per heavy atom. The molecule has 0 saturated carbocycles. The number of fused-ring (bicyclic) bond motifs is 1. The van der Waals surface area contributed by atoms with Crippen LogP contribution in [0.15, 0.2) is 36.4 Å². The van der Waals surface area contributed by atoms with Crippen molar-refractivity contribution in [1.29, 1.82) is 0 Å². The molecule has 25 heavy (non-hydrogen) atoms. The van der Waals surface area contributed by atoms with Crippen LogP contribution in [0, 0.1) is 0 Å². The molecule has 6 heteroatoms. The highest BCUT2D eigenvalue weighted by molar-refractivity contribution is 7.91. The van der Waals surface area contributed by atoms with E-state index in [1.807, 2.05) is 43.3 Å². The van der Waals surface area contributed by atoms with Gasteiger partial charge in [-0.05, 0) is 41.8 Å². The van der Waals surface area contributed by atoms with Crippen molar-refractivity contribution in [3.63, 3.8) is 0 Å². The van der Waals surface area contributed by atoms with Crippen LogP contribution in [0.2, 0.25) is 0 Å². The molecule has 3 rings (SSSR count). The van der Waals surface area contributed by atoms with Crippen molar-refractivity contribution < 1.29 is 17.9 Å². The second kappa shape index (κ2) is 6.67. The van der Waals surface area contributed by atoms with Gasteiger partial charge in [-0.2, -0.15) is 0 Å². The number of hydrogen-bond acceptors (Lipinski definition) is 4. The third-order valence-corrected chi connectivity index (χ3v) is 6.80. The van der Waals surface area contributed by atoms with Gasteiger partial charge in [-0.15, -0.1) is 0 Å². The SMILES string of the molecule is COc1ccc2cc([C@H](C)C(=O)N(C)[C@@H]3CCS(=O)(=O)C3)ccc2c1. The van der Waals surface area contributed by atoms with Crippen molar-refractivity contribution in [2.75, 3.05) is 25.7 Å². The molecular formula is C19H23NO4S. The van der Waals surface area contributed by atoms with Crippen LogP contribution in [0.25, 0.3) is 10.8 Å². The summed E-state index contributed by atoms with van der Waals surface area (Å²) in [6, 6.07) is 11.6. The van der Waals surface area contributed by atoms with Crippen molar-refractivity contribution in [3.8, 4) is 5.75 Å². The van der Waals surface area contributed by atoms with E-state index in [2.05, 4.69) is 0 Å². The number of sulfone groups is 1. The van der Waals surface area contributed by atoms with E-state index in [1.165, 1.54) is 0 Å². The average Bonchev–Trinajstić information content (AvgIpc) is 2.98. The average molecular weight is 361 g/mol. The van der Waals surface area contributed by atoms with Gasteiger partial charge in [-0.1, -0.05) is 24.3 Å². The highest BCUT2D eigenvalue weighted by Crippen LogP contribution is 2.27. The summed E-state index contributed by atoms with van der Waals surface area (Å²) in [5, 5.41) is 2.10. The normalized spacial score (nSPS) is 20.4. The van der Waals surface area contributed by atoms with Crippen molar-refractivity contribution >= 4 is 26.5 Å². The Kier molecular flexibility index (Phi) is 4.73. The first kappa shape index (κ1) is 17.7. The molecule has 1 aliphatic heterocycles. The number of ether oxygens (including phenoxy) is 1. The third kappa shape index (κ3) is 3.63. The Labute approximate surface area is 148 Å². The van der Waals surface area contributed by atoms with Crippen molar-refractivity contribution in [1.82, 2.24) is 4.90 Å². The van der Waals surface area contributed by atoms with E-state index >= 15 is 0 Å². The first-order valence-corrected chi connectivity index (χ1v) is 10.2. The molecule has 1 amide bonds. The lowest BCUT2D eigenvalue weighted by molar-refractivity contribution is -0.132. The van der Waals surface area contributed by atoms with Gasteiger partial charge in [0.25, 0.3) is 0 Å². The maximum atomic E-state index is 12.8. The van der Waals surface area contributed by atoms with Gasteiger partial charge in [0.15, 0.2) is 9.84 Å². The summed E-state index contributed by atoms with van der Waals surface area (Å²) < 4.78 is 28.6. The highest BCUT2D eigenvalue weighted by Gasteiger charge is 2.34. The molecule has 0 N–H and O–H groups in total. The minimum atomic E-state index is -3.01. The zero-order chi connectivity index (χ0) is 18.2. The smallest absolute Gasteiger partial charge is 0.229 e. The van der Waals surface area contributed by atoms with Crippen LogP contribution in [0.3, 0.4) is 0 Å². The zero-order valence-corrected chi connectivity index (χ0v) is 15.5. The van der Waals surface area contributed by atoms with Crippen LogP contribution in [0.4, 0.5) is 0 Å². The largest absolute Gasteiger partial charge is 0.497 e. The molecule has 1 fully saturated rings. The quantitative estimate of drug-likeness (QED) is 0.840. The highest BCUT2D eigenvalue weighted by atomic mass is 32.2. The van der Waals surface area contributed by atoms with Gasteiger partial charge in [0.05, 0.1) is 24.5 Å². The summed E-state index contributed by atoms with van der Waals surface area (Å²) in [6.07, 6.45) is 0.523. The first-order valence-electron chi connectivity index (χ1n) is 8.35. The Morgan fingerprint density at radius 1 is 1.20 bits per heavy atom. The monoisotopic (exact) mass is 361 g/mol. The second-order valence-electron chi connectivity index (χ2n) is 6.70. The fourth-order valence-electron chi connectivity index (χ4n) is 3.35. The number of carbonyl (C=O) groups is 1. The molecule has 2 aromatic carbocycles. The van der Waals surface area contributed by atoms with Gasteiger partial charge < -0.3 is 9.64 Å². The third-order valence-electron chi connectivity index (χ3n) is 5.05. The molecule has 1 aliphatic rings. The lowest BCUT2D eigenvalue weighted by Gasteiger charge is -2.27. The molecule has 2 atom stereocenters. The number of rotatable bonds is 4. The fraction of sp³-hybridized carbons (Fsp3) is 0.421. The molecule has 0 bridgehead atoms. The van der Waals surface area contributed by atoms with Crippen LogP contribution in [-0.4, -0.2) is 50.9 Å². The minimum Gasteiger partial charge on any atom is -0.497 e. The lowest BCUT2D eigenvalue weighted by atomic mass is 9.96. The van der Waals surface area contributed by atoms with E-state index in [4.69, 9.17) is 4.74 Å². The summed E-state index contributed by atoms with van der Waals surface area (Å²) in [7, 11) is 0.333. The van der Waals surface area contributed by atoms with E-state index in [0.29, 0.717) is 6.42 Å². The zero-order valence-electron chi connectivity index (χ0n) is 14.7. The first-order chi connectivity index (χ1) is 11.8. The number of hydrogen-bond donors (Lipinski definition) is 0. The molecule has 0 spiro atoms. The van der Waals surface area contributed by atoms with E-state index in [-0.39, 0.29) is 29.4 Å². The van der Waals surface area contributed by atoms with E-state index in [9.17, 15) is 13.2 Å². The number of carbonyl (C=O) groups excluding carboxylic acids is 1. The number of benzene rings is 2. The molecule has 2 aromatic rings. The van der Waals surface area contributed by atoms with Crippen LogP contribution < -0.4 is 4.74 Å². The molecule has 0 aromatic heterocycles. The van der Waals surface area contributed by atoms with E-state index in [0.717, 1.165) is 22.1 Å². The maximum absolute atomic E-state index is 12.8. The van der Waals surface area contributed by atoms with Crippen LogP contribution in [0.1, 0.15) is 24.8 Å². The molecule has 0 radical (unpaired) electrons. The molecular weight excluding hydrogens is 338 g/mol. The van der Waals surface area contributed by atoms with Gasteiger partial charge in [0.1, 0.15) is 5.75 Å².